The molecule has 1 spiro atoms. The molecule has 1 aliphatic heterocycles. The highest BCUT2D eigenvalue weighted by Gasteiger charge is 2.44. The van der Waals surface area contributed by atoms with E-state index in [1.54, 1.807) is 0 Å². The third kappa shape index (κ3) is 1.42. The number of imidazole rings is 1. The van der Waals surface area contributed by atoms with Crippen LogP contribution >= 0.6 is 11.8 Å². The summed E-state index contributed by atoms with van der Waals surface area (Å²) in [6.07, 6.45) is 6.13. The number of rotatable bonds is 0. The highest BCUT2D eigenvalue weighted by molar-refractivity contribution is 8.00. The van der Waals surface area contributed by atoms with E-state index in [1.807, 2.05) is 30.4 Å². The lowest BCUT2D eigenvalue weighted by atomic mass is 9.95. The van der Waals surface area contributed by atoms with Crippen molar-refractivity contribution in [3.63, 3.8) is 0 Å². The van der Waals surface area contributed by atoms with Crippen LogP contribution in [0.3, 0.4) is 0 Å². The first kappa shape index (κ1) is 11.1. The molecule has 2 aliphatic rings. The predicted molar refractivity (Wildman–Crippen MR) is 74.9 cm³/mol. The molecular formula is C15H13N3S. The van der Waals surface area contributed by atoms with Crippen LogP contribution in [0.25, 0.3) is 0 Å². The quantitative estimate of drug-likeness (QED) is 0.737. The summed E-state index contributed by atoms with van der Waals surface area (Å²) in [5.74, 6) is 1.13. The van der Waals surface area contributed by atoms with Crippen molar-refractivity contribution in [2.75, 3.05) is 5.75 Å². The van der Waals surface area contributed by atoms with Crippen LogP contribution in [0.4, 0.5) is 0 Å². The van der Waals surface area contributed by atoms with Crippen molar-refractivity contribution in [2.45, 2.75) is 24.1 Å². The number of hydrogen-bond acceptors (Lipinski definition) is 3. The second-order valence-electron chi connectivity index (χ2n) is 5.13. The number of hydrogen-bond donors (Lipinski definition) is 0. The first-order valence-corrected chi connectivity index (χ1v) is 7.50. The van der Waals surface area contributed by atoms with E-state index in [4.69, 9.17) is 5.26 Å². The van der Waals surface area contributed by atoms with Gasteiger partial charge in [-0.2, -0.15) is 5.26 Å². The van der Waals surface area contributed by atoms with E-state index in [2.05, 4.69) is 27.8 Å². The van der Waals surface area contributed by atoms with Crippen LogP contribution in [0.2, 0.25) is 0 Å². The SMILES string of the molecule is N#Cc1ccc2c(c1)CCC21SCCn2cncc21. The smallest absolute Gasteiger partial charge is 0.0991 e. The molecule has 4 heteroatoms. The average Bonchev–Trinajstić information content (AvgIpc) is 3.05. The van der Waals surface area contributed by atoms with Gasteiger partial charge < -0.3 is 4.57 Å². The first-order chi connectivity index (χ1) is 9.33. The minimum atomic E-state index is 0.0675. The molecule has 0 bridgehead atoms. The molecule has 1 unspecified atom stereocenters. The van der Waals surface area contributed by atoms with E-state index in [9.17, 15) is 0 Å². The molecule has 19 heavy (non-hydrogen) atoms. The summed E-state index contributed by atoms with van der Waals surface area (Å²) in [5.41, 5.74) is 4.82. The molecular weight excluding hydrogens is 254 g/mol. The Balaban J connectivity index is 1.92. The van der Waals surface area contributed by atoms with Crippen molar-refractivity contribution in [3.8, 4) is 6.07 Å². The van der Waals surface area contributed by atoms with Gasteiger partial charge in [-0.1, -0.05) is 6.07 Å². The van der Waals surface area contributed by atoms with Gasteiger partial charge in [0.2, 0.25) is 0 Å². The molecule has 94 valence electrons. The molecule has 1 aromatic carbocycles. The van der Waals surface area contributed by atoms with Gasteiger partial charge in [-0.3, -0.25) is 0 Å². The Kier molecular flexibility index (Phi) is 2.27. The monoisotopic (exact) mass is 267 g/mol. The lowest BCUT2D eigenvalue weighted by molar-refractivity contribution is 0.602. The van der Waals surface area contributed by atoms with Gasteiger partial charge in [-0.15, -0.1) is 11.8 Å². The zero-order chi connectivity index (χ0) is 12.9. The van der Waals surface area contributed by atoms with Gasteiger partial charge in [-0.05, 0) is 36.1 Å². The van der Waals surface area contributed by atoms with Crippen LogP contribution < -0.4 is 0 Å². The number of nitrogens with zero attached hydrogens (tertiary/aromatic N) is 3. The summed E-state index contributed by atoms with van der Waals surface area (Å²) in [4.78, 5) is 4.33. The summed E-state index contributed by atoms with van der Waals surface area (Å²) in [5, 5.41) is 9.03. The maximum absolute atomic E-state index is 9.03. The largest absolute Gasteiger partial charge is 0.332 e. The fourth-order valence-electron chi connectivity index (χ4n) is 3.35. The topological polar surface area (TPSA) is 41.6 Å². The summed E-state index contributed by atoms with van der Waals surface area (Å²) in [6, 6.07) is 8.39. The highest BCUT2D eigenvalue weighted by Crippen LogP contribution is 2.53. The number of benzene rings is 1. The first-order valence-electron chi connectivity index (χ1n) is 6.51. The van der Waals surface area contributed by atoms with Crippen molar-refractivity contribution in [1.82, 2.24) is 9.55 Å². The standard InChI is InChI=1S/C15H13N3S/c16-8-11-1-2-13-12(7-11)3-4-15(13)14-9-17-10-18(14)5-6-19-15/h1-2,7,9-10H,3-6H2. The molecule has 4 rings (SSSR count). The predicted octanol–water partition coefficient (Wildman–Crippen LogP) is 2.69. The van der Waals surface area contributed by atoms with Gasteiger partial charge in [0.1, 0.15) is 0 Å². The van der Waals surface area contributed by atoms with E-state index in [0.29, 0.717) is 0 Å². The number of aryl methyl sites for hydroxylation is 2. The molecule has 0 saturated heterocycles. The van der Waals surface area contributed by atoms with Crippen molar-refractivity contribution in [2.24, 2.45) is 0 Å². The van der Waals surface area contributed by atoms with Gasteiger partial charge in [0.15, 0.2) is 0 Å². The van der Waals surface area contributed by atoms with E-state index in [1.165, 1.54) is 16.8 Å². The molecule has 3 nitrogen and oxygen atoms in total. The molecule has 0 radical (unpaired) electrons. The Hall–Kier alpha value is -1.73. The van der Waals surface area contributed by atoms with Crippen LogP contribution in [0, 0.1) is 11.3 Å². The zero-order valence-electron chi connectivity index (χ0n) is 10.5. The van der Waals surface area contributed by atoms with E-state index < -0.39 is 0 Å². The van der Waals surface area contributed by atoms with E-state index in [-0.39, 0.29) is 4.75 Å². The second-order valence-corrected chi connectivity index (χ2v) is 6.53. The van der Waals surface area contributed by atoms with Gasteiger partial charge >= 0.3 is 0 Å². The lowest BCUT2D eigenvalue weighted by Gasteiger charge is -2.34. The van der Waals surface area contributed by atoms with Gasteiger partial charge in [0.25, 0.3) is 0 Å². The zero-order valence-corrected chi connectivity index (χ0v) is 11.3. The summed E-state index contributed by atoms with van der Waals surface area (Å²) in [7, 11) is 0. The van der Waals surface area contributed by atoms with Crippen LogP contribution in [0.1, 0.15) is 28.8 Å². The Morgan fingerprint density at radius 2 is 2.37 bits per heavy atom. The van der Waals surface area contributed by atoms with Crippen LogP contribution in [0.15, 0.2) is 30.7 Å². The molecule has 0 saturated carbocycles. The van der Waals surface area contributed by atoms with Crippen molar-refractivity contribution < 1.29 is 0 Å². The Bertz CT molecular complexity index is 698. The number of aromatic nitrogens is 2. The van der Waals surface area contributed by atoms with Crippen molar-refractivity contribution >= 4 is 11.8 Å². The van der Waals surface area contributed by atoms with Gasteiger partial charge in [0.05, 0.1) is 28.4 Å². The van der Waals surface area contributed by atoms with Crippen molar-refractivity contribution in [1.29, 1.82) is 5.26 Å². The summed E-state index contributed by atoms with van der Waals surface area (Å²) < 4.78 is 2.35. The molecule has 0 fully saturated rings. The van der Waals surface area contributed by atoms with Gasteiger partial charge in [0, 0.05) is 18.5 Å². The van der Waals surface area contributed by atoms with E-state index in [0.717, 1.165) is 30.7 Å². The van der Waals surface area contributed by atoms with Crippen molar-refractivity contribution in [3.05, 3.63) is 53.1 Å². The lowest BCUT2D eigenvalue weighted by Crippen LogP contribution is -2.29. The Morgan fingerprint density at radius 1 is 1.42 bits per heavy atom. The van der Waals surface area contributed by atoms with E-state index >= 15 is 0 Å². The third-order valence-corrected chi connectivity index (χ3v) is 5.74. The Morgan fingerprint density at radius 3 is 3.26 bits per heavy atom. The maximum Gasteiger partial charge on any atom is 0.0991 e. The van der Waals surface area contributed by atoms with Crippen LogP contribution in [0.5, 0.6) is 0 Å². The molecule has 0 amide bonds. The molecule has 1 aliphatic carbocycles. The summed E-state index contributed by atoms with van der Waals surface area (Å²) in [6.45, 7) is 1.05. The van der Waals surface area contributed by atoms with Crippen LogP contribution in [-0.4, -0.2) is 15.3 Å². The molecule has 2 aromatic rings. The molecule has 1 aromatic heterocycles. The number of nitriles is 1. The molecule has 1 atom stereocenters. The van der Waals surface area contributed by atoms with Crippen LogP contribution in [-0.2, 0) is 17.7 Å². The normalized spacial score (nSPS) is 23.9. The number of thioether (sulfide) groups is 1. The average molecular weight is 267 g/mol. The fourth-order valence-corrected chi connectivity index (χ4v) is 4.91. The summed E-state index contributed by atoms with van der Waals surface area (Å²) >= 11 is 2.03. The highest BCUT2D eigenvalue weighted by atomic mass is 32.2. The minimum Gasteiger partial charge on any atom is -0.332 e. The minimum absolute atomic E-state index is 0.0675. The van der Waals surface area contributed by atoms with Gasteiger partial charge in [-0.25, -0.2) is 4.98 Å². The molecule has 0 N–H and O–H groups in total. The fraction of sp³-hybridized carbons (Fsp3) is 0.333. The third-order valence-electron chi connectivity index (χ3n) is 4.22. The maximum atomic E-state index is 9.03. The number of fused-ring (bicyclic) bond motifs is 4. The second kappa shape index (κ2) is 3.88. The Labute approximate surface area is 116 Å². The molecule has 2 heterocycles.